The summed E-state index contributed by atoms with van der Waals surface area (Å²) in [4.78, 5) is 5.55. The molecule has 6 heteroatoms. The second-order valence-corrected chi connectivity index (χ2v) is 4.27. The minimum Gasteiger partial charge on any atom is -0.375 e. The highest BCUT2D eigenvalue weighted by Crippen LogP contribution is 2.35. The molecule has 1 aliphatic rings. The Kier molecular flexibility index (Phi) is 3.09. The van der Waals surface area contributed by atoms with Gasteiger partial charge in [0.1, 0.15) is 5.82 Å². The predicted octanol–water partition coefficient (Wildman–Crippen LogP) is 2.11. The summed E-state index contributed by atoms with van der Waals surface area (Å²) < 4.78 is 0. The second kappa shape index (κ2) is 4.52. The number of H-pyrrole nitrogens is 1. The summed E-state index contributed by atoms with van der Waals surface area (Å²) in [7, 11) is 0. The molecule has 1 aliphatic heterocycles. The molecule has 86 valence electrons. The van der Waals surface area contributed by atoms with Gasteiger partial charge in [-0.1, -0.05) is 13.8 Å². The number of nitrogens with zero attached hydrogens (tertiary/aromatic N) is 2. The molecule has 0 radical (unpaired) electrons. The predicted molar refractivity (Wildman–Crippen MR) is 67.6 cm³/mol. The Morgan fingerprint density at radius 2 is 2.25 bits per heavy atom. The number of nitrogen functional groups attached to an aromatic ring is 1. The van der Waals surface area contributed by atoms with Crippen LogP contribution in [0.1, 0.15) is 18.7 Å². The average Bonchev–Trinajstić information content (AvgIpc) is 2.86. The van der Waals surface area contributed by atoms with Crippen LogP contribution in [0.5, 0.6) is 0 Å². The Morgan fingerprint density at radius 3 is 3.06 bits per heavy atom. The van der Waals surface area contributed by atoms with Crippen LogP contribution in [0, 0.1) is 0 Å². The number of nitrogens with one attached hydrogen (secondary N) is 2. The zero-order valence-electron chi connectivity index (χ0n) is 9.37. The van der Waals surface area contributed by atoms with Crippen LogP contribution in [-0.2, 0) is 6.42 Å². The first-order valence-electron chi connectivity index (χ1n) is 5.37. The summed E-state index contributed by atoms with van der Waals surface area (Å²) >= 11 is 1.56. The molecular formula is C10H15N5S. The molecule has 0 atom stereocenters. The van der Waals surface area contributed by atoms with Gasteiger partial charge in [0.25, 0.3) is 0 Å². The molecule has 0 spiro atoms. The van der Waals surface area contributed by atoms with E-state index < -0.39 is 0 Å². The molecule has 4 N–H and O–H groups in total. The van der Waals surface area contributed by atoms with E-state index in [1.54, 1.807) is 17.5 Å². The van der Waals surface area contributed by atoms with Crippen molar-refractivity contribution in [2.45, 2.75) is 20.3 Å². The van der Waals surface area contributed by atoms with Crippen molar-refractivity contribution < 1.29 is 0 Å². The van der Waals surface area contributed by atoms with Crippen LogP contribution in [0.2, 0.25) is 0 Å². The highest BCUT2D eigenvalue weighted by Gasteiger charge is 2.19. The van der Waals surface area contributed by atoms with Crippen molar-refractivity contribution in [1.29, 1.82) is 0 Å². The van der Waals surface area contributed by atoms with Gasteiger partial charge in [0, 0.05) is 17.8 Å². The zero-order valence-corrected chi connectivity index (χ0v) is 10.2. The third kappa shape index (κ3) is 1.76. The van der Waals surface area contributed by atoms with E-state index >= 15 is 0 Å². The van der Waals surface area contributed by atoms with Gasteiger partial charge in [0.15, 0.2) is 5.13 Å². The van der Waals surface area contributed by atoms with E-state index in [-0.39, 0.29) is 0 Å². The van der Waals surface area contributed by atoms with Gasteiger partial charge in [-0.2, -0.15) is 5.10 Å². The fourth-order valence-corrected chi connectivity index (χ4v) is 2.50. The van der Waals surface area contributed by atoms with E-state index in [9.17, 15) is 0 Å². The lowest BCUT2D eigenvalue weighted by Crippen LogP contribution is -2.02. The molecule has 0 bridgehead atoms. The lowest BCUT2D eigenvalue weighted by atomic mass is 10.2. The van der Waals surface area contributed by atoms with Crippen molar-refractivity contribution in [3.8, 4) is 11.3 Å². The molecular weight excluding hydrogens is 222 g/mol. The van der Waals surface area contributed by atoms with Crippen molar-refractivity contribution in [2.24, 2.45) is 0 Å². The van der Waals surface area contributed by atoms with E-state index in [0.29, 0.717) is 5.13 Å². The van der Waals surface area contributed by atoms with Gasteiger partial charge in [-0.25, -0.2) is 4.98 Å². The van der Waals surface area contributed by atoms with E-state index in [1.807, 2.05) is 13.8 Å². The van der Waals surface area contributed by atoms with Crippen LogP contribution < -0.4 is 11.1 Å². The third-order valence-electron chi connectivity index (χ3n) is 2.26. The molecule has 0 saturated carbocycles. The SMILES string of the molecule is CC.Nc1nc2c(s1)CCNc1[nH]ncc1-2. The van der Waals surface area contributed by atoms with Crippen molar-refractivity contribution in [3.05, 3.63) is 11.1 Å². The summed E-state index contributed by atoms with van der Waals surface area (Å²) in [5.74, 6) is 0.939. The van der Waals surface area contributed by atoms with Crippen molar-refractivity contribution in [1.82, 2.24) is 15.2 Å². The first-order chi connectivity index (χ1) is 7.84. The summed E-state index contributed by atoms with van der Waals surface area (Å²) in [5.41, 5.74) is 7.68. The lowest BCUT2D eigenvalue weighted by molar-refractivity contribution is 1.01. The number of hydrogen-bond donors (Lipinski definition) is 3. The monoisotopic (exact) mass is 237 g/mol. The Morgan fingerprint density at radius 1 is 1.44 bits per heavy atom. The Balaban J connectivity index is 0.000000457. The smallest absolute Gasteiger partial charge is 0.180 e. The molecule has 16 heavy (non-hydrogen) atoms. The van der Waals surface area contributed by atoms with Crippen LogP contribution in [0.15, 0.2) is 6.20 Å². The van der Waals surface area contributed by atoms with E-state index in [2.05, 4.69) is 20.5 Å². The fraction of sp³-hybridized carbons (Fsp3) is 0.400. The molecule has 3 heterocycles. The number of anilines is 2. The standard InChI is InChI=1S/C8H9N5S.C2H6/c9-8-12-6-4-3-11-13-7(4)10-2-1-5(6)14-8;1-2/h3H,1-2H2,(H2,9,12)(H2,10,11,13);1-2H3. The summed E-state index contributed by atoms with van der Waals surface area (Å²) in [6, 6.07) is 0. The lowest BCUT2D eigenvalue weighted by Gasteiger charge is -1.98. The normalized spacial score (nSPS) is 12.6. The van der Waals surface area contributed by atoms with Gasteiger partial charge in [0.2, 0.25) is 0 Å². The van der Waals surface area contributed by atoms with Gasteiger partial charge < -0.3 is 11.1 Å². The van der Waals surface area contributed by atoms with Gasteiger partial charge in [0.05, 0.1) is 17.5 Å². The maximum atomic E-state index is 5.69. The van der Waals surface area contributed by atoms with Crippen LogP contribution in [0.3, 0.4) is 0 Å². The molecule has 0 fully saturated rings. The highest BCUT2D eigenvalue weighted by molar-refractivity contribution is 7.15. The van der Waals surface area contributed by atoms with Crippen LogP contribution >= 0.6 is 11.3 Å². The van der Waals surface area contributed by atoms with E-state index in [4.69, 9.17) is 5.73 Å². The first-order valence-corrected chi connectivity index (χ1v) is 6.19. The minimum atomic E-state index is 0.629. The molecule has 5 nitrogen and oxygen atoms in total. The zero-order chi connectivity index (χ0) is 11.5. The van der Waals surface area contributed by atoms with E-state index in [1.165, 1.54) is 4.88 Å². The number of nitrogens with two attached hydrogens (primary N) is 1. The van der Waals surface area contributed by atoms with Crippen LogP contribution in [-0.4, -0.2) is 21.7 Å². The van der Waals surface area contributed by atoms with Gasteiger partial charge in [-0.05, 0) is 0 Å². The van der Waals surface area contributed by atoms with Gasteiger partial charge in [-0.3, -0.25) is 5.10 Å². The molecule has 3 rings (SSSR count). The van der Waals surface area contributed by atoms with Crippen molar-refractivity contribution in [2.75, 3.05) is 17.6 Å². The number of fused-ring (bicyclic) bond motifs is 3. The summed E-state index contributed by atoms with van der Waals surface area (Å²) in [6.45, 7) is 4.89. The fourth-order valence-electron chi connectivity index (χ4n) is 1.65. The van der Waals surface area contributed by atoms with Crippen LogP contribution in [0.4, 0.5) is 10.9 Å². The van der Waals surface area contributed by atoms with Crippen LogP contribution in [0.25, 0.3) is 11.3 Å². The van der Waals surface area contributed by atoms with Gasteiger partial charge in [-0.15, -0.1) is 11.3 Å². The number of rotatable bonds is 0. The second-order valence-electron chi connectivity index (χ2n) is 3.16. The summed E-state index contributed by atoms with van der Waals surface area (Å²) in [6.07, 6.45) is 2.75. The van der Waals surface area contributed by atoms with Crippen molar-refractivity contribution >= 4 is 22.3 Å². The molecule has 2 aromatic heterocycles. The molecule has 0 aliphatic carbocycles. The Hall–Kier alpha value is -1.56. The van der Waals surface area contributed by atoms with E-state index in [0.717, 1.165) is 30.0 Å². The highest BCUT2D eigenvalue weighted by atomic mass is 32.1. The number of hydrogen-bond acceptors (Lipinski definition) is 5. The Labute approximate surface area is 98.1 Å². The largest absolute Gasteiger partial charge is 0.375 e. The number of aromatic nitrogens is 3. The number of aromatic amines is 1. The molecule has 0 amide bonds. The Bertz CT molecular complexity index is 473. The van der Waals surface area contributed by atoms with Gasteiger partial charge >= 0.3 is 0 Å². The van der Waals surface area contributed by atoms with Crippen molar-refractivity contribution in [3.63, 3.8) is 0 Å². The maximum absolute atomic E-state index is 5.69. The molecule has 0 aromatic carbocycles. The molecule has 0 saturated heterocycles. The first kappa shape index (κ1) is 10.9. The maximum Gasteiger partial charge on any atom is 0.180 e. The minimum absolute atomic E-state index is 0.629. The average molecular weight is 237 g/mol. The molecule has 2 aromatic rings. The topological polar surface area (TPSA) is 79.6 Å². The molecule has 0 unspecified atom stereocenters. The third-order valence-corrected chi connectivity index (χ3v) is 3.21. The number of thiazole rings is 1. The summed E-state index contributed by atoms with van der Waals surface area (Å²) in [5, 5.41) is 10.8. The quantitative estimate of drug-likeness (QED) is 0.655.